The number of nitrogens with zero attached hydrogens (tertiary/aromatic N) is 2. The lowest BCUT2D eigenvalue weighted by atomic mass is 10.3. The summed E-state index contributed by atoms with van der Waals surface area (Å²) in [5, 5.41) is 0. The molecule has 0 unspecified atom stereocenters. The molecule has 0 saturated carbocycles. The molecule has 0 atom stereocenters. The third kappa shape index (κ3) is 3.61. The van der Waals surface area contributed by atoms with Crippen LogP contribution in [-0.4, -0.2) is 22.1 Å². The van der Waals surface area contributed by atoms with Gasteiger partial charge in [0.2, 0.25) is 5.91 Å². The van der Waals surface area contributed by atoms with Gasteiger partial charge in [-0.05, 0) is 18.6 Å². The monoisotopic (exact) mass is 266 g/mol. The number of carbonyl (C=O) groups excluding carboxylic acids is 1. The quantitative estimate of drug-likeness (QED) is 0.781. The molecule has 100 valence electrons. The van der Waals surface area contributed by atoms with Gasteiger partial charge in [0.05, 0.1) is 6.61 Å². The van der Waals surface area contributed by atoms with Crippen molar-refractivity contribution >= 4 is 5.91 Å². The normalized spacial score (nSPS) is 10.4. The van der Waals surface area contributed by atoms with Gasteiger partial charge in [-0.3, -0.25) is 9.36 Å². The van der Waals surface area contributed by atoms with Crippen LogP contribution >= 0.6 is 0 Å². The Kier molecular flexibility index (Phi) is 4.22. The molecule has 0 aliphatic carbocycles. The second-order valence-electron chi connectivity index (χ2n) is 3.89. The molecule has 0 radical (unpaired) electrons. The zero-order valence-electron chi connectivity index (χ0n) is 10.1. The number of ether oxygens (including phenoxy) is 1. The van der Waals surface area contributed by atoms with Crippen LogP contribution in [0.1, 0.15) is 17.6 Å². The molecule has 0 saturated heterocycles. The van der Waals surface area contributed by atoms with Gasteiger partial charge in [0.15, 0.2) is 11.6 Å². The molecular formula is C13H12F2N2O2. The van der Waals surface area contributed by atoms with Crippen molar-refractivity contribution in [3.63, 3.8) is 0 Å². The first-order valence-electron chi connectivity index (χ1n) is 5.76. The van der Waals surface area contributed by atoms with Crippen LogP contribution < -0.4 is 4.74 Å². The van der Waals surface area contributed by atoms with Crippen LogP contribution in [0.2, 0.25) is 0 Å². The Morgan fingerprint density at radius 1 is 1.32 bits per heavy atom. The van der Waals surface area contributed by atoms with Gasteiger partial charge in [0, 0.05) is 24.9 Å². The van der Waals surface area contributed by atoms with E-state index >= 15 is 0 Å². The smallest absolute Gasteiger partial charge is 0.231 e. The summed E-state index contributed by atoms with van der Waals surface area (Å²) >= 11 is 0. The molecule has 0 aliphatic rings. The van der Waals surface area contributed by atoms with Gasteiger partial charge in [0.1, 0.15) is 12.1 Å². The summed E-state index contributed by atoms with van der Waals surface area (Å²) in [7, 11) is 0. The fourth-order valence-corrected chi connectivity index (χ4v) is 1.52. The van der Waals surface area contributed by atoms with Gasteiger partial charge in [-0.25, -0.2) is 13.8 Å². The molecular weight excluding hydrogens is 254 g/mol. The summed E-state index contributed by atoms with van der Waals surface area (Å²) in [6.45, 7) is 0.255. The Bertz CT molecular complexity index is 556. The summed E-state index contributed by atoms with van der Waals surface area (Å²) < 4.78 is 32.2. The molecule has 0 bridgehead atoms. The SMILES string of the molecule is O=C(CCCOc1ccc(F)c(F)c1)n1ccnc1. The van der Waals surface area contributed by atoms with E-state index in [1.807, 2.05) is 0 Å². The van der Waals surface area contributed by atoms with Crippen LogP contribution in [0.4, 0.5) is 8.78 Å². The highest BCUT2D eigenvalue weighted by atomic mass is 19.2. The Morgan fingerprint density at radius 3 is 2.84 bits per heavy atom. The fourth-order valence-electron chi connectivity index (χ4n) is 1.52. The van der Waals surface area contributed by atoms with E-state index in [0.717, 1.165) is 12.1 Å². The highest BCUT2D eigenvalue weighted by Gasteiger charge is 2.05. The maximum absolute atomic E-state index is 12.9. The maximum atomic E-state index is 12.9. The van der Waals surface area contributed by atoms with Gasteiger partial charge in [-0.15, -0.1) is 0 Å². The Labute approximate surface area is 108 Å². The second kappa shape index (κ2) is 6.08. The lowest BCUT2D eigenvalue weighted by molar-refractivity contribution is 0.0893. The molecule has 4 nitrogen and oxygen atoms in total. The summed E-state index contributed by atoms with van der Waals surface area (Å²) in [5.74, 6) is -1.71. The zero-order chi connectivity index (χ0) is 13.7. The molecule has 0 spiro atoms. The summed E-state index contributed by atoms with van der Waals surface area (Å²) in [4.78, 5) is 15.3. The number of hydrogen-bond donors (Lipinski definition) is 0. The minimum absolute atomic E-state index is 0.0913. The van der Waals surface area contributed by atoms with Gasteiger partial charge < -0.3 is 4.74 Å². The molecule has 0 amide bonds. The molecule has 6 heteroatoms. The standard InChI is InChI=1S/C13H12F2N2O2/c14-11-4-3-10(8-12(11)15)19-7-1-2-13(18)17-6-5-16-9-17/h3-6,8-9H,1-2,7H2. The van der Waals surface area contributed by atoms with Crippen LogP contribution in [0.25, 0.3) is 0 Å². The van der Waals surface area contributed by atoms with Crippen LogP contribution in [0, 0.1) is 11.6 Å². The molecule has 1 aromatic heterocycles. The third-order valence-electron chi connectivity index (χ3n) is 2.49. The van der Waals surface area contributed by atoms with Crippen molar-refractivity contribution in [3.05, 3.63) is 48.6 Å². The zero-order valence-corrected chi connectivity index (χ0v) is 10.1. The Hall–Kier alpha value is -2.24. The van der Waals surface area contributed by atoms with Crippen LogP contribution in [-0.2, 0) is 0 Å². The third-order valence-corrected chi connectivity index (χ3v) is 2.49. The number of aromatic nitrogens is 2. The van der Waals surface area contributed by atoms with Crippen molar-refractivity contribution in [1.29, 1.82) is 0 Å². The molecule has 2 aromatic rings. The minimum Gasteiger partial charge on any atom is -0.493 e. The van der Waals surface area contributed by atoms with Crippen molar-refractivity contribution in [2.75, 3.05) is 6.61 Å². The largest absolute Gasteiger partial charge is 0.493 e. The van der Waals surface area contributed by atoms with Gasteiger partial charge in [-0.2, -0.15) is 0 Å². The van der Waals surface area contributed by atoms with E-state index in [4.69, 9.17) is 4.74 Å². The highest BCUT2D eigenvalue weighted by molar-refractivity contribution is 5.78. The number of imidazole rings is 1. The van der Waals surface area contributed by atoms with Crippen molar-refractivity contribution in [3.8, 4) is 5.75 Å². The van der Waals surface area contributed by atoms with E-state index < -0.39 is 11.6 Å². The molecule has 2 rings (SSSR count). The Morgan fingerprint density at radius 2 is 2.16 bits per heavy atom. The van der Waals surface area contributed by atoms with E-state index in [-0.39, 0.29) is 18.3 Å². The molecule has 0 fully saturated rings. The van der Waals surface area contributed by atoms with E-state index in [9.17, 15) is 13.6 Å². The predicted molar refractivity (Wildman–Crippen MR) is 63.9 cm³/mol. The van der Waals surface area contributed by atoms with Gasteiger partial charge in [0.25, 0.3) is 0 Å². The number of hydrogen-bond acceptors (Lipinski definition) is 3. The molecule has 0 N–H and O–H groups in total. The number of carbonyl (C=O) groups is 1. The molecule has 1 aromatic carbocycles. The van der Waals surface area contributed by atoms with Crippen molar-refractivity contribution in [2.24, 2.45) is 0 Å². The van der Waals surface area contributed by atoms with Gasteiger partial charge >= 0.3 is 0 Å². The average Bonchev–Trinajstić information content (AvgIpc) is 2.92. The molecule has 1 heterocycles. The van der Waals surface area contributed by atoms with Crippen LogP contribution in [0.5, 0.6) is 5.75 Å². The summed E-state index contributed by atoms with van der Waals surface area (Å²) in [6, 6.07) is 3.32. The number of rotatable bonds is 5. The van der Waals surface area contributed by atoms with Crippen molar-refractivity contribution < 1.29 is 18.3 Å². The minimum atomic E-state index is -0.952. The van der Waals surface area contributed by atoms with Gasteiger partial charge in [-0.1, -0.05) is 0 Å². The Balaban J connectivity index is 1.75. The summed E-state index contributed by atoms with van der Waals surface area (Å²) in [6.07, 6.45) is 5.29. The first-order chi connectivity index (χ1) is 9.16. The van der Waals surface area contributed by atoms with Crippen molar-refractivity contribution in [1.82, 2.24) is 9.55 Å². The van der Waals surface area contributed by atoms with E-state index in [2.05, 4.69) is 4.98 Å². The molecule has 19 heavy (non-hydrogen) atoms. The predicted octanol–water partition coefficient (Wildman–Crippen LogP) is 2.66. The van der Waals surface area contributed by atoms with E-state index in [1.54, 1.807) is 6.20 Å². The number of halogens is 2. The topological polar surface area (TPSA) is 44.1 Å². The fraction of sp³-hybridized carbons (Fsp3) is 0.231. The van der Waals surface area contributed by atoms with Crippen molar-refractivity contribution in [2.45, 2.75) is 12.8 Å². The molecule has 0 aliphatic heterocycles. The lowest BCUT2D eigenvalue weighted by Gasteiger charge is -2.06. The first-order valence-corrected chi connectivity index (χ1v) is 5.76. The van der Waals surface area contributed by atoms with Crippen LogP contribution in [0.15, 0.2) is 36.9 Å². The maximum Gasteiger partial charge on any atom is 0.231 e. The summed E-state index contributed by atoms with van der Waals surface area (Å²) in [5.41, 5.74) is 0. The second-order valence-corrected chi connectivity index (χ2v) is 3.89. The van der Waals surface area contributed by atoms with E-state index in [0.29, 0.717) is 12.8 Å². The first kappa shape index (κ1) is 13.2. The van der Waals surface area contributed by atoms with E-state index in [1.165, 1.54) is 23.2 Å². The number of benzene rings is 1. The average molecular weight is 266 g/mol. The highest BCUT2D eigenvalue weighted by Crippen LogP contribution is 2.15. The lowest BCUT2D eigenvalue weighted by Crippen LogP contribution is -2.10. The van der Waals surface area contributed by atoms with Crippen LogP contribution in [0.3, 0.4) is 0 Å².